The molecule has 6 heteroatoms. The van der Waals surface area contributed by atoms with Crippen molar-refractivity contribution in [3.63, 3.8) is 0 Å². The van der Waals surface area contributed by atoms with Gasteiger partial charge in [0.2, 0.25) is 0 Å². The van der Waals surface area contributed by atoms with Crippen LogP contribution in [0.25, 0.3) is 21.1 Å². The number of ketones is 1. The van der Waals surface area contributed by atoms with Gasteiger partial charge in [-0.1, -0.05) is 35.9 Å². The Hall–Kier alpha value is -2.21. The van der Waals surface area contributed by atoms with Gasteiger partial charge in [-0.3, -0.25) is 4.79 Å². The van der Waals surface area contributed by atoms with Gasteiger partial charge in [-0.25, -0.2) is 4.98 Å². The number of carbonyl (C=O) groups is 1. The van der Waals surface area contributed by atoms with Crippen molar-refractivity contribution in [1.82, 2.24) is 14.5 Å². The van der Waals surface area contributed by atoms with Gasteiger partial charge in [-0.05, 0) is 64.0 Å². The standard InChI is InChI=1S/C25H26ClN3OS/c1-17(30)20-16-29(24-19(20)6-4-7-21(24)26)13-5-12-28-14-10-18(11-15-28)25-27-22-8-2-3-9-23(22)31-25/h2-4,6-9,16,18H,5,10-15H2,1H3. The molecule has 0 radical (unpaired) electrons. The first-order valence-corrected chi connectivity index (χ1v) is 12.2. The zero-order valence-electron chi connectivity index (χ0n) is 17.7. The van der Waals surface area contributed by atoms with E-state index in [9.17, 15) is 4.79 Å². The maximum absolute atomic E-state index is 12.0. The van der Waals surface area contributed by atoms with Crippen LogP contribution in [-0.2, 0) is 6.54 Å². The van der Waals surface area contributed by atoms with Crippen LogP contribution in [-0.4, -0.2) is 39.9 Å². The Labute approximate surface area is 191 Å². The molecule has 1 fully saturated rings. The number of aromatic nitrogens is 2. The number of para-hydroxylation sites is 2. The zero-order valence-corrected chi connectivity index (χ0v) is 19.3. The van der Waals surface area contributed by atoms with Crippen LogP contribution in [0, 0.1) is 0 Å². The van der Waals surface area contributed by atoms with Crippen LogP contribution < -0.4 is 0 Å². The van der Waals surface area contributed by atoms with Crippen molar-refractivity contribution in [2.45, 2.75) is 38.6 Å². The molecule has 31 heavy (non-hydrogen) atoms. The lowest BCUT2D eigenvalue weighted by Gasteiger charge is -2.31. The summed E-state index contributed by atoms with van der Waals surface area (Å²) in [5, 5.41) is 2.96. The summed E-state index contributed by atoms with van der Waals surface area (Å²) in [7, 11) is 0. The molecule has 0 amide bonds. The number of rotatable bonds is 6. The number of hydrogen-bond acceptors (Lipinski definition) is 4. The molecule has 1 aliphatic rings. The first-order chi connectivity index (χ1) is 15.1. The van der Waals surface area contributed by atoms with Crippen molar-refractivity contribution in [3.05, 3.63) is 64.3 Å². The first kappa shape index (κ1) is 20.7. The molecule has 0 N–H and O–H groups in total. The van der Waals surface area contributed by atoms with Crippen molar-refractivity contribution in [2.75, 3.05) is 19.6 Å². The van der Waals surface area contributed by atoms with Gasteiger partial charge in [0.25, 0.3) is 0 Å². The Bertz CT molecular complexity index is 1200. The van der Waals surface area contributed by atoms with Crippen LogP contribution in [0.15, 0.2) is 48.7 Å². The van der Waals surface area contributed by atoms with Gasteiger partial charge in [-0.15, -0.1) is 11.3 Å². The molecule has 160 valence electrons. The van der Waals surface area contributed by atoms with E-state index in [-0.39, 0.29) is 5.78 Å². The maximum Gasteiger partial charge on any atom is 0.161 e. The van der Waals surface area contributed by atoms with Crippen LogP contribution in [0.5, 0.6) is 0 Å². The van der Waals surface area contributed by atoms with Gasteiger partial charge >= 0.3 is 0 Å². The maximum atomic E-state index is 12.0. The normalized spacial score (nSPS) is 15.8. The summed E-state index contributed by atoms with van der Waals surface area (Å²) in [6, 6.07) is 14.2. The minimum Gasteiger partial charge on any atom is -0.345 e. The van der Waals surface area contributed by atoms with E-state index >= 15 is 0 Å². The summed E-state index contributed by atoms with van der Waals surface area (Å²) >= 11 is 8.32. The molecule has 2 aromatic heterocycles. The fraction of sp³-hybridized carbons (Fsp3) is 0.360. The molecule has 2 aromatic carbocycles. The van der Waals surface area contributed by atoms with E-state index in [1.54, 1.807) is 6.92 Å². The van der Waals surface area contributed by atoms with Crippen LogP contribution >= 0.6 is 22.9 Å². The number of fused-ring (bicyclic) bond motifs is 2. The van der Waals surface area contributed by atoms with Crippen LogP contribution in [0.4, 0.5) is 0 Å². The van der Waals surface area contributed by atoms with Crippen LogP contribution in [0.3, 0.4) is 0 Å². The Morgan fingerprint density at radius 2 is 1.94 bits per heavy atom. The van der Waals surface area contributed by atoms with Crippen molar-refractivity contribution < 1.29 is 4.79 Å². The van der Waals surface area contributed by atoms with Gasteiger partial charge in [0.05, 0.1) is 25.8 Å². The summed E-state index contributed by atoms with van der Waals surface area (Å²) in [4.78, 5) is 19.5. The van der Waals surface area contributed by atoms with Gasteiger partial charge in [0.15, 0.2) is 5.78 Å². The van der Waals surface area contributed by atoms with E-state index in [0.29, 0.717) is 10.9 Å². The highest BCUT2D eigenvalue weighted by molar-refractivity contribution is 7.18. The van der Waals surface area contributed by atoms with Crippen LogP contribution in [0.1, 0.15) is 47.5 Å². The van der Waals surface area contributed by atoms with Crippen molar-refractivity contribution in [2.24, 2.45) is 0 Å². The highest BCUT2D eigenvalue weighted by atomic mass is 35.5. The van der Waals surface area contributed by atoms with Gasteiger partial charge in [0, 0.05) is 29.6 Å². The second kappa shape index (κ2) is 8.73. The SMILES string of the molecule is CC(=O)c1cn(CCCN2CCC(c3nc4ccccc4s3)CC2)c2c(Cl)cccc12. The number of likely N-dealkylation sites (tertiary alicyclic amines) is 1. The third-order valence-corrected chi connectivity index (χ3v) is 7.85. The minimum atomic E-state index is 0.0861. The highest BCUT2D eigenvalue weighted by Gasteiger charge is 2.23. The molecule has 0 spiro atoms. The lowest BCUT2D eigenvalue weighted by Crippen LogP contribution is -2.34. The Balaban J connectivity index is 1.19. The molecular formula is C25H26ClN3OS. The molecule has 0 atom stereocenters. The van der Waals surface area contributed by atoms with E-state index in [4.69, 9.17) is 16.6 Å². The number of thiazole rings is 1. The van der Waals surface area contributed by atoms with Crippen molar-refractivity contribution in [1.29, 1.82) is 0 Å². The first-order valence-electron chi connectivity index (χ1n) is 11.0. The number of nitrogens with zero attached hydrogens (tertiary/aromatic N) is 3. The molecule has 4 nitrogen and oxygen atoms in total. The summed E-state index contributed by atoms with van der Waals surface area (Å²) in [6.07, 6.45) is 5.36. The molecule has 0 saturated carbocycles. The topological polar surface area (TPSA) is 38.1 Å². The fourth-order valence-corrected chi connectivity index (χ4v) is 6.12. The summed E-state index contributed by atoms with van der Waals surface area (Å²) in [5.74, 6) is 0.668. The number of carbonyl (C=O) groups excluding carboxylic acids is 1. The molecule has 5 rings (SSSR count). The molecule has 0 bridgehead atoms. The summed E-state index contributed by atoms with van der Waals surface area (Å²) in [6.45, 7) is 5.78. The third-order valence-electron chi connectivity index (χ3n) is 6.35. The van der Waals surface area contributed by atoms with Crippen molar-refractivity contribution >= 4 is 49.8 Å². The van der Waals surface area contributed by atoms with Crippen LogP contribution in [0.2, 0.25) is 5.02 Å². The second-order valence-electron chi connectivity index (χ2n) is 8.42. The zero-order chi connectivity index (χ0) is 21.4. The Morgan fingerprint density at radius 1 is 1.13 bits per heavy atom. The Morgan fingerprint density at radius 3 is 2.71 bits per heavy atom. The summed E-state index contributed by atoms with van der Waals surface area (Å²) in [5.41, 5.74) is 2.87. The van der Waals surface area contributed by atoms with Gasteiger partial charge < -0.3 is 9.47 Å². The largest absolute Gasteiger partial charge is 0.345 e. The number of aryl methyl sites for hydroxylation is 1. The average Bonchev–Trinajstić information content (AvgIpc) is 3.37. The smallest absolute Gasteiger partial charge is 0.161 e. The molecule has 1 aliphatic heterocycles. The predicted octanol–water partition coefficient (Wildman–Crippen LogP) is 6.38. The lowest BCUT2D eigenvalue weighted by molar-refractivity contribution is 0.101. The Kier molecular flexibility index (Phi) is 5.83. The average molecular weight is 452 g/mol. The summed E-state index contributed by atoms with van der Waals surface area (Å²) < 4.78 is 3.45. The predicted molar refractivity (Wildman–Crippen MR) is 130 cm³/mol. The number of hydrogen-bond donors (Lipinski definition) is 0. The highest BCUT2D eigenvalue weighted by Crippen LogP contribution is 2.34. The lowest BCUT2D eigenvalue weighted by atomic mass is 9.97. The monoisotopic (exact) mass is 451 g/mol. The number of Topliss-reactive ketones (excluding diaryl/α,β-unsaturated/α-hetero) is 1. The third kappa shape index (κ3) is 4.14. The number of benzene rings is 2. The molecule has 0 aliphatic carbocycles. The van der Waals surface area contributed by atoms with E-state index in [1.165, 1.54) is 22.5 Å². The molecule has 4 aromatic rings. The van der Waals surface area contributed by atoms with E-state index in [1.807, 2.05) is 35.7 Å². The van der Waals surface area contributed by atoms with Gasteiger partial charge in [-0.2, -0.15) is 0 Å². The fourth-order valence-electron chi connectivity index (χ4n) is 4.70. The molecule has 3 heterocycles. The molecule has 1 saturated heterocycles. The number of piperidine rings is 1. The molecule has 0 unspecified atom stereocenters. The number of halogens is 1. The van der Waals surface area contributed by atoms with E-state index in [0.717, 1.165) is 54.6 Å². The van der Waals surface area contributed by atoms with Crippen molar-refractivity contribution in [3.8, 4) is 0 Å². The molecular weight excluding hydrogens is 426 g/mol. The van der Waals surface area contributed by atoms with E-state index < -0.39 is 0 Å². The minimum absolute atomic E-state index is 0.0861. The van der Waals surface area contributed by atoms with E-state index in [2.05, 4.69) is 33.7 Å². The second-order valence-corrected chi connectivity index (χ2v) is 9.89. The quantitative estimate of drug-likeness (QED) is 0.319. The van der Waals surface area contributed by atoms with Gasteiger partial charge in [0.1, 0.15) is 0 Å².